The molecule has 188 valence electrons. The van der Waals surface area contributed by atoms with Crippen molar-refractivity contribution in [2.24, 2.45) is 0 Å². The van der Waals surface area contributed by atoms with Gasteiger partial charge in [0, 0.05) is 0 Å². The molecule has 0 N–H and O–H groups in total. The summed E-state index contributed by atoms with van der Waals surface area (Å²) in [5.74, 6) is -41.2. The molecule has 0 radical (unpaired) electrons. The van der Waals surface area contributed by atoms with Gasteiger partial charge < -0.3 is 0 Å². The summed E-state index contributed by atoms with van der Waals surface area (Å²) in [5, 5.41) is 0. The Hall–Kier alpha value is -1.35. The Morgan fingerprint density at radius 3 is 1.13 bits per heavy atom. The highest BCUT2D eigenvalue weighted by molar-refractivity contribution is 7.87. The first-order valence-electron chi connectivity index (χ1n) is 6.27. The summed E-state index contributed by atoms with van der Waals surface area (Å²) in [6, 6.07) is 0. The lowest BCUT2D eigenvalue weighted by Gasteiger charge is -2.40. The highest BCUT2D eigenvalue weighted by Gasteiger charge is 2.91. The first-order valence-corrected chi connectivity index (χ1v) is 7.68. The van der Waals surface area contributed by atoms with Crippen LogP contribution in [-0.2, 0) is 14.3 Å². The molecule has 0 atom stereocenters. The minimum Gasteiger partial charge on any atom is -0.199 e. The van der Waals surface area contributed by atoms with Crippen molar-refractivity contribution in [3.63, 3.8) is 0 Å². The molecule has 0 saturated carbocycles. The SMILES string of the molecule is O=S(=O)(OC(F)(F)C(F)(F)C(F)(F)C(F)(F)C(F)(F)C(F)(F)CC(F)(F)F)C(F)(F)F. The summed E-state index contributed by atoms with van der Waals surface area (Å²) in [7, 11) is -8.02. The zero-order valence-electron chi connectivity index (χ0n) is 13.1. The van der Waals surface area contributed by atoms with Gasteiger partial charge in [0.1, 0.15) is 6.42 Å². The van der Waals surface area contributed by atoms with Gasteiger partial charge in [-0.2, -0.15) is 91.6 Å². The summed E-state index contributed by atoms with van der Waals surface area (Å²) in [6.07, 6.45) is -18.9. The summed E-state index contributed by atoms with van der Waals surface area (Å²) in [5.41, 5.74) is -7.10. The quantitative estimate of drug-likeness (QED) is 0.233. The molecule has 0 heterocycles. The highest BCUT2D eigenvalue weighted by atomic mass is 32.2. The minimum absolute atomic E-state index is 1.35. The molecule has 0 aliphatic carbocycles. The second-order valence-corrected chi connectivity index (χ2v) is 6.83. The predicted octanol–water partition coefficient (Wildman–Crippen LogP) is 5.57. The molecule has 0 aliphatic rings. The normalized spacial score (nSPS) is 16.6. The van der Waals surface area contributed by atoms with Crippen LogP contribution < -0.4 is 0 Å². The lowest BCUT2D eigenvalue weighted by atomic mass is 9.92. The lowest BCUT2D eigenvalue weighted by molar-refractivity contribution is -0.449. The Labute approximate surface area is 157 Å². The van der Waals surface area contributed by atoms with Crippen LogP contribution >= 0.6 is 0 Å². The molecule has 0 aromatic rings. The van der Waals surface area contributed by atoms with Crippen LogP contribution in [-0.4, -0.2) is 55.8 Å². The molecule has 0 aromatic carbocycles. The van der Waals surface area contributed by atoms with Crippen molar-refractivity contribution < 1.29 is 91.6 Å². The number of halogens is 18. The minimum atomic E-state index is -8.64. The van der Waals surface area contributed by atoms with Crippen LogP contribution in [0, 0.1) is 0 Å². The predicted molar refractivity (Wildman–Crippen MR) is 56.4 cm³/mol. The van der Waals surface area contributed by atoms with Crippen molar-refractivity contribution >= 4 is 10.1 Å². The molecular formula is C9H2F18O3S. The summed E-state index contributed by atoms with van der Waals surface area (Å²) < 4.78 is 249. The van der Waals surface area contributed by atoms with E-state index in [0.29, 0.717) is 0 Å². The monoisotopic (exact) mass is 532 g/mol. The molecule has 3 nitrogen and oxygen atoms in total. The van der Waals surface area contributed by atoms with Crippen LogP contribution in [0.5, 0.6) is 0 Å². The van der Waals surface area contributed by atoms with Crippen LogP contribution in [0.15, 0.2) is 0 Å². The molecule has 0 spiro atoms. The van der Waals surface area contributed by atoms with Gasteiger partial charge in [-0.1, -0.05) is 0 Å². The molecular weight excluding hydrogens is 530 g/mol. The van der Waals surface area contributed by atoms with Crippen LogP contribution in [0.2, 0.25) is 0 Å². The Balaban J connectivity index is 6.54. The smallest absolute Gasteiger partial charge is 0.199 e. The maximum atomic E-state index is 13.2. The van der Waals surface area contributed by atoms with Gasteiger partial charge in [0.05, 0.1) is 0 Å². The summed E-state index contributed by atoms with van der Waals surface area (Å²) in [6.45, 7) is 0. The zero-order chi connectivity index (χ0) is 25.9. The van der Waals surface area contributed by atoms with Gasteiger partial charge in [-0.25, -0.2) is 0 Å². The number of alkyl halides is 18. The van der Waals surface area contributed by atoms with E-state index in [0.717, 1.165) is 0 Å². The molecule has 0 amide bonds. The maximum Gasteiger partial charge on any atom is 0.523 e. The van der Waals surface area contributed by atoms with E-state index in [4.69, 9.17) is 0 Å². The topological polar surface area (TPSA) is 43.4 Å². The number of hydrogen-bond acceptors (Lipinski definition) is 3. The fourth-order valence-electron chi connectivity index (χ4n) is 1.41. The Kier molecular flexibility index (Phi) is 7.01. The molecule has 0 aliphatic heterocycles. The fraction of sp³-hybridized carbons (Fsp3) is 1.00. The molecule has 0 unspecified atom stereocenters. The second kappa shape index (κ2) is 7.33. The van der Waals surface area contributed by atoms with Gasteiger partial charge in [0.15, 0.2) is 0 Å². The van der Waals surface area contributed by atoms with Crippen molar-refractivity contribution in [2.75, 3.05) is 0 Å². The van der Waals surface area contributed by atoms with Crippen molar-refractivity contribution in [2.45, 2.75) is 53.8 Å². The molecule has 0 saturated heterocycles. The molecule has 0 aromatic heterocycles. The summed E-state index contributed by atoms with van der Waals surface area (Å²) >= 11 is 0. The molecule has 31 heavy (non-hydrogen) atoms. The number of rotatable bonds is 8. The Morgan fingerprint density at radius 2 is 0.839 bits per heavy atom. The van der Waals surface area contributed by atoms with Crippen molar-refractivity contribution in [3.8, 4) is 0 Å². The van der Waals surface area contributed by atoms with Crippen molar-refractivity contribution in [1.29, 1.82) is 0 Å². The standard InChI is InChI=1S/C9H2F18O3S/c10-2(11,1-3(12,13)14)4(15,16)5(17,18)6(19,20)7(21,22)8(23,24)30-31(28,29)9(25,26)27/h1H2. The van der Waals surface area contributed by atoms with Gasteiger partial charge in [-0.05, 0) is 0 Å². The third kappa shape index (κ3) is 4.87. The van der Waals surface area contributed by atoms with E-state index in [1.165, 1.54) is 4.18 Å². The van der Waals surface area contributed by atoms with Crippen LogP contribution in [0.4, 0.5) is 79.0 Å². The zero-order valence-corrected chi connectivity index (χ0v) is 14.0. The van der Waals surface area contributed by atoms with Gasteiger partial charge >= 0.3 is 57.5 Å². The molecule has 22 heteroatoms. The summed E-state index contributed by atoms with van der Waals surface area (Å²) in [4.78, 5) is 0. The van der Waals surface area contributed by atoms with E-state index in [-0.39, 0.29) is 0 Å². The molecule has 0 fully saturated rings. The second-order valence-electron chi connectivity index (χ2n) is 5.29. The molecule has 0 bridgehead atoms. The maximum absolute atomic E-state index is 13.2. The highest BCUT2D eigenvalue weighted by Crippen LogP contribution is 2.61. The van der Waals surface area contributed by atoms with Crippen molar-refractivity contribution in [3.05, 3.63) is 0 Å². The van der Waals surface area contributed by atoms with Crippen molar-refractivity contribution in [1.82, 2.24) is 0 Å². The average Bonchev–Trinajstić information content (AvgIpc) is 2.41. The van der Waals surface area contributed by atoms with Crippen LogP contribution in [0.1, 0.15) is 6.42 Å². The average molecular weight is 532 g/mol. The third-order valence-electron chi connectivity index (χ3n) is 2.93. The Bertz CT molecular complexity index is 759. The van der Waals surface area contributed by atoms with E-state index >= 15 is 0 Å². The largest absolute Gasteiger partial charge is 0.523 e. The first kappa shape index (κ1) is 29.7. The van der Waals surface area contributed by atoms with E-state index in [1.54, 1.807) is 0 Å². The lowest BCUT2D eigenvalue weighted by Crippen LogP contribution is -2.71. The van der Waals surface area contributed by atoms with Crippen LogP contribution in [0.25, 0.3) is 0 Å². The van der Waals surface area contributed by atoms with Crippen LogP contribution in [0.3, 0.4) is 0 Å². The van der Waals surface area contributed by atoms with Gasteiger partial charge in [-0.3, -0.25) is 0 Å². The Morgan fingerprint density at radius 1 is 0.516 bits per heavy atom. The van der Waals surface area contributed by atoms with Gasteiger partial charge in [0.2, 0.25) is 0 Å². The van der Waals surface area contributed by atoms with Gasteiger partial charge in [-0.15, -0.1) is 0 Å². The van der Waals surface area contributed by atoms with E-state index in [1.807, 2.05) is 0 Å². The van der Waals surface area contributed by atoms with Gasteiger partial charge in [0.25, 0.3) is 0 Å². The third-order valence-corrected chi connectivity index (χ3v) is 3.92. The number of hydrogen-bond donors (Lipinski definition) is 0. The van der Waals surface area contributed by atoms with E-state index in [2.05, 4.69) is 0 Å². The van der Waals surface area contributed by atoms with E-state index < -0.39 is 63.9 Å². The first-order chi connectivity index (χ1) is 12.9. The van der Waals surface area contributed by atoms with E-state index in [9.17, 15) is 87.4 Å². The molecule has 0 rings (SSSR count). The fourth-order valence-corrected chi connectivity index (χ4v) is 1.88.